The summed E-state index contributed by atoms with van der Waals surface area (Å²) >= 11 is 3.62. The smallest absolute Gasteiger partial charge is 0.00743 e. The highest BCUT2D eigenvalue weighted by atomic mass is 79.9. The van der Waals surface area contributed by atoms with Crippen molar-refractivity contribution in [2.75, 3.05) is 18.4 Å². The molecule has 0 radical (unpaired) electrons. The van der Waals surface area contributed by atoms with Crippen molar-refractivity contribution in [3.05, 3.63) is 0 Å². The molecule has 0 aliphatic heterocycles. The summed E-state index contributed by atoms with van der Waals surface area (Å²) in [5.41, 5.74) is 0. The zero-order valence-corrected chi connectivity index (χ0v) is 12.0. The number of hydrogen-bond acceptors (Lipinski definition) is 1. The Morgan fingerprint density at radius 1 is 1.14 bits per heavy atom. The maximum atomic E-state index is 3.62. The second-order valence-corrected chi connectivity index (χ2v) is 5.15. The van der Waals surface area contributed by atoms with E-state index in [1.165, 1.54) is 19.5 Å². The lowest BCUT2D eigenvalue weighted by Crippen LogP contribution is -2.38. The van der Waals surface area contributed by atoms with Crippen molar-refractivity contribution in [3.8, 4) is 0 Å². The molecule has 0 aromatic rings. The van der Waals surface area contributed by atoms with E-state index in [1.807, 2.05) is 0 Å². The van der Waals surface area contributed by atoms with Gasteiger partial charge in [0.05, 0.1) is 0 Å². The first-order valence-corrected chi connectivity index (χ1v) is 6.98. The monoisotopic (exact) mass is 263 g/mol. The van der Waals surface area contributed by atoms with Gasteiger partial charge in [0.1, 0.15) is 0 Å². The van der Waals surface area contributed by atoms with Gasteiger partial charge >= 0.3 is 0 Å². The van der Waals surface area contributed by atoms with E-state index in [1.54, 1.807) is 0 Å². The van der Waals surface area contributed by atoms with Gasteiger partial charge in [-0.15, -0.1) is 0 Å². The summed E-state index contributed by atoms with van der Waals surface area (Å²) in [6, 6.07) is 0.722. The van der Waals surface area contributed by atoms with Crippen LogP contribution in [0.5, 0.6) is 0 Å². The van der Waals surface area contributed by atoms with Gasteiger partial charge in [0.15, 0.2) is 0 Å². The molecule has 0 amide bonds. The zero-order valence-electron chi connectivity index (χ0n) is 10.4. The summed E-state index contributed by atoms with van der Waals surface area (Å²) < 4.78 is 0. The van der Waals surface area contributed by atoms with E-state index in [4.69, 9.17) is 0 Å². The molecule has 0 bridgehead atoms. The fourth-order valence-electron chi connectivity index (χ4n) is 1.62. The van der Waals surface area contributed by atoms with Gasteiger partial charge in [-0.1, -0.05) is 43.6 Å². The first-order valence-electron chi connectivity index (χ1n) is 5.86. The molecule has 0 aromatic heterocycles. The maximum absolute atomic E-state index is 3.62. The molecule has 0 aromatic carbocycles. The summed E-state index contributed by atoms with van der Waals surface area (Å²) in [6.45, 7) is 13.9. The van der Waals surface area contributed by atoms with Gasteiger partial charge in [-0.05, 0) is 31.7 Å². The largest absolute Gasteiger partial charge is 0.301 e. The van der Waals surface area contributed by atoms with E-state index in [-0.39, 0.29) is 0 Å². The van der Waals surface area contributed by atoms with Gasteiger partial charge in [-0.25, -0.2) is 0 Å². The first kappa shape index (κ1) is 14.4. The van der Waals surface area contributed by atoms with Crippen molar-refractivity contribution in [3.63, 3.8) is 0 Å². The molecule has 0 saturated heterocycles. The van der Waals surface area contributed by atoms with Crippen molar-refractivity contribution in [1.29, 1.82) is 0 Å². The van der Waals surface area contributed by atoms with Crippen molar-refractivity contribution >= 4 is 15.9 Å². The Labute approximate surface area is 98.4 Å². The van der Waals surface area contributed by atoms with E-state index >= 15 is 0 Å². The van der Waals surface area contributed by atoms with Crippen LogP contribution in [0.3, 0.4) is 0 Å². The number of rotatable bonds is 7. The molecular formula is C12H26BrN. The predicted octanol–water partition coefficient (Wildman–Crippen LogP) is 3.77. The topological polar surface area (TPSA) is 3.24 Å². The third-order valence-electron chi connectivity index (χ3n) is 3.23. The van der Waals surface area contributed by atoms with E-state index in [9.17, 15) is 0 Å². The molecule has 0 N–H and O–H groups in total. The second kappa shape index (κ2) is 7.70. The van der Waals surface area contributed by atoms with Gasteiger partial charge in [0, 0.05) is 17.9 Å². The molecule has 14 heavy (non-hydrogen) atoms. The Kier molecular flexibility index (Phi) is 7.94. The van der Waals surface area contributed by atoms with Crippen molar-refractivity contribution in [1.82, 2.24) is 4.90 Å². The Bertz CT molecular complexity index is 136. The number of alkyl halides is 1. The standard InChI is InChI=1S/C12H26BrN/c1-6-11(5)14(7-2)9-12(8-13)10(3)4/h10-12H,6-9H2,1-5H3. The highest BCUT2D eigenvalue weighted by molar-refractivity contribution is 9.09. The van der Waals surface area contributed by atoms with Crippen molar-refractivity contribution in [2.45, 2.75) is 47.1 Å². The van der Waals surface area contributed by atoms with Crippen LogP contribution in [0.1, 0.15) is 41.0 Å². The molecule has 2 heteroatoms. The Balaban J connectivity index is 4.13. The molecule has 0 saturated carbocycles. The lowest BCUT2D eigenvalue weighted by molar-refractivity contribution is 0.170. The van der Waals surface area contributed by atoms with Crippen LogP contribution in [0.25, 0.3) is 0 Å². The van der Waals surface area contributed by atoms with E-state index in [2.05, 4.69) is 55.4 Å². The van der Waals surface area contributed by atoms with Gasteiger partial charge in [-0.3, -0.25) is 0 Å². The van der Waals surface area contributed by atoms with Crippen LogP contribution in [0, 0.1) is 11.8 Å². The highest BCUT2D eigenvalue weighted by Crippen LogP contribution is 2.17. The number of hydrogen-bond donors (Lipinski definition) is 0. The molecule has 0 spiro atoms. The third kappa shape index (κ3) is 4.79. The number of nitrogens with zero attached hydrogens (tertiary/aromatic N) is 1. The summed E-state index contributed by atoms with van der Waals surface area (Å²) in [7, 11) is 0. The van der Waals surface area contributed by atoms with Crippen LogP contribution < -0.4 is 0 Å². The van der Waals surface area contributed by atoms with Gasteiger partial charge in [0.2, 0.25) is 0 Å². The number of halogens is 1. The third-order valence-corrected chi connectivity index (χ3v) is 4.06. The molecule has 0 aliphatic rings. The average molecular weight is 264 g/mol. The zero-order chi connectivity index (χ0) is 11.1. The van der Waals surface area contributed by atoms with Crippen molar-refractivity contribution in [2.24, 2.45) is 11.8 Å². The van der Waals surface area contributed by atoms with Crippen LogP contribution in [-0.2, 0) is 0 Å². The second-order valence-electron chi connectivity index (χ2n) is 4.50. The first-order chi connectivity index (χ1) is 6.56. The fourth-order valence-corrected chi connectivity index (χ4v) is 2.57. The molecule has 0 rings (SSSR count). The average Bonchev–Trinajstić information content (AvgIpc) is 2.18. The lowest BCUT2D eigenvalue weighted by Gasteiger charge is -2.32. The molecule has 1 nitrogen and oxygen atoms in total. The molecular weight excluding hydrogens is 238 g/mol. The van der Waals surface area contributed by atoms with Crippen LogP contribution in [0.4, 0.5) is 0 Å². The fraction of sp³-hybridized carbons (Fsp3) is 1.00. The van der Waals surface area contributed by atoms with Crippen LogP contribution in [-0.4, -0.2) is 29.4 Å². The molecule has 0 heterocycles. The SMILES string of the molecule is CCC(C)N(CC)CC(CBr)C(C)C. The van der Waals surface area contributed by atoms with E-state index in [0.29, 0.717) is 0 Å². The summed E-state index contributed by atoms with van der Waals surface area (Å²) in [4.78, 5) is 2.59. The van der Waals surface area contributed by atoms with Gasteiger partial charge in [-0.2, -0.15) is 0 Å². The van der Waals surface area contributed by atoms with Crippen LogP contribution in [0.15, 0.2) is 0 Å². The van der Waals surface area contributed by atoms with Crippen LogP contribution >= 0.6 is 15.9 Å². The Morgan fingerprint density at radius 3 is 2.00 bits per heavy atom. The van der Waals surface area contributed by atoms with Gasteiger partial charge in [0.25, 0.3) is 0 Å². The molecule has 0 fully saturated rings. The molecule has 2 atom stereocenters. The van der Waals surface area contributed by atoms with Crippen molar-refractivity contribution < 1.29 is 0 Å². The predicted molar refractivity (Wildman–Crippen MR) is 69.1 cm³/mol. The van der Waals surface area contributed by atoms with Crippen LogP contribution in [0.2, 0.25) is 0 Å². The highest BCUT2D eigenvalue weighted by Gasteiger charge is 2.18. The minimum atomic E-state index is 0.722. The minimum absolute atomic E-state index is 0.722. The summed E-state index contributed by atoms with van der Waals surface area (Å²) in [6.07, 6.45) is 1.25. The maximum Gasteiger partial charge on any atom is 0.00743 e. The summed E-state index contributed by atoms with van der Waals surface area (Å²) in [5.74, 6) is 1.55. The molecule has 0 aliphatic carbocycles. The Morgan fingerprint density at radius 2 is 1.71 bits per heavy atom. The van der Waals surface area contributed by atoms with Gasteiger partial charge < -0.3 is 4.90 Å². The normalized spacial score (nSPS) is 16.3. The quantitative estimate of drug-likeness (QED) is 0.633. The van der Waals surface area contributed by atoms with E-state index in [0.717, 1.165) is 23.2 Å². The minimum Gasteiger partial charge on any atom is -0.301 e. The molecule has 86 valence electrons. The summed E-state index contributed by atoms with van der Waals surface area (Å²) in [5, 5.41) is 1.12. The van der Waals surface area contributed by atoms with E-state index < -0.39 is 0 Å². The lowest BCUT2D eigenvalue weighted by atomic mass is 9.97. The Hall–Kier alpha value is 0.440. The molecule has 2 unspecified atom stereocenters.